The number of hydrogen-bond acceptors (Lipinski definition) is 0. The lowest BCUT2D eigenvalue weighted by Crippen LogP contribution is -2.16. The highest BCUT2D eigenvalue weighted by Gasteiger charge is 2.11. The van der Waals surface area contributed by atoms with Crippen LogP contribution in [0.1, 0.15) is 11.1 Å². The molecule has 0 atom stereocenters. The SMILES string of the molecule is Cc1ccc(-c2c[n+]3cc(Br)ccc3[nH]2)cc1C. The number of aromatic amines is 1. The van der Waals surface area contributed by atoms with Gasteiger partial charge in [-0.05, 0) is 53.0 Å². The summed E-state index contributed by atoms with van der Waals surface area (Å²) < 4.78 is 3.17. The van der Waals surface area contributed by atoms with Crippen molar-refractivity contribution in [3.63, 3.8) is 0 Å². The summed E-state index contributed by atoms with van der Waals surface area (Å²) >= 11 is 3.48. The van der Waals surface area contributed by atoms with E-state index in [0.29, 0.717) is 0 Å². The van der Waals surface area contributed by atoms with Crippen molar-refractivity contribution in [1.29, 1.82) is 0 Å². The topological polar surface area (TPSA) is 19.9 Å². The predicted molar refractivity (Wildman–Crippen MR) is 76.6 cm³/mol. The van der Waals surface area contributed by atoms with Crippen molar-refractivity contribution in [2.75, 3.05) is 0 Å². The van der Waals surface area contributed by atoms with Crippen LogP contribution in [0.3, 0.4) is 0 Å². The van der Waals surface area contributed by atoms with Gasteiger partial charge in [0.1, 0.15) is 12.4 Å². The Balaban J connectivity index is 2.16. The van der Waals surface area contributed by atoms with E-state index in [0.717, 1.165) is 15.8 Å². The molecule has 3 aromatic rings. The van der Waals surface area contributed by atoms with Crippen LogP contribution >= 0.6 is 15.9 Å². The van der Waals surface area contributed by atoms with Gasteiger partial charge in [0.05, 0.1) is 4.47 Å². The molecular weight excluding hydrogens is 288 g/mol. The Labute approximate surface area is 114 Å². The van der Waals surface area contributed by atoms with Crippen LogP contribution in [0.25, 0.3) is 16.9 Å². The zero-order chi connectivity index (χ0) is 12.7. The number of pyridine rings is 1. The van der Waals surface area contributed by atoms with Gasteiger partial charge < -0.3 is 0 Å². The Kier molecular flexibility index (Phi) is 2.71. The predicted octanol–water partition coefficient (Wildman–Crippen LogP) is 3.80. The second kappa shape index (κ2) is 4.25. The first kappa shape index (κ1) is 11.5. The lowest BCUT2D eigenvalue weighted by molar-refractivity contribution is -0.510. The molecule has 0 saturated carbocycles. The molecule has 0 aliphatic heterocycles. The Morgan fingerprint density at radius 1 is 1.00 bits per heavy atom. The van der Waals surface area contributed by atoms with Gasteiger partial charge in [0.25, 0.3) is 5.65 Å². The van der Waals surface area contributed by atoms with E-state index in [-0.39, 0.29) is 0 Å². The maximum Gasteiger partial charge on any atom is 0.284 e. The van der Waals surface area contributed by atoms with Gasteiger partial charge in [-0.15, -0.1) is 0 Å². The lowest BCUT2D eigenvalue weighted by Gasteiger charge is -2.00. The maximum atomic E-state index is 3.48. The zero-order valence-corrected chi connectivity index (χ0v) is 12.0. The number of benzene rings is 1. The van der Waals surface area contributed by atoms with Gasteiger partial charge in [0.2, 0.25) is 0 Å². The third-order valence-electron chi connectivity index (χ3n) is 3.29. The van der Waals surface area contributed by atoms with Crippen molar-refractivity contribution < 1.29 is 4.40 Å². The Bertz CT molecular complexity index is 728. The smallest absolute Gasteiger partial charge is 0.237 e. The summed E-state index contributed by atoms with van der Waals surface area (Å²) in [5.74, 6) is 0. The fraction of sp³-hybridized carbons (Fsp3) is 0.133. The summed E-state index contributed by atoms with van der Waals surface area (Å²) in [6, 6.07) is 10.6. The number of halogens is 1. The molecule has 3 heteroatoms. The first-order valence-electron chi connectivity index (χ1n) is 5.91. The number of aryl methyl sites for hydroxylation is 2. The summed E-state index contributed by atoms with van der Waals surface area (Å²) in [4.78, 5) is 3.43. The number of fused-ring (bicyclic) bond motifs is 1. The van der Waals surface area contributed by atoms with Crippen LogP contribution in [0.2, 0.25) is 0 Å². The van der Waals surface area contributed by atoms with Gasteiger partial charge in [-0.3, -0.25) is 0 Å². The molecule has 90 valence electrons. The second-order valence-electron chi connectivity index (χ2n) is 4.61. The van der Waals surface area contributed by atoms with Crippen LogP contribution < -0.4 is 4.40 Å². The van der Waals surface area contributed by atoms with Crippen molar-refractivity contribution in [2.45, 2.75) is 13.8 Å². The van der Waals surface area contributed by atoms with Gasteiger partial charge in [-0.1, -0.05) is 12.1 Å². The number of imidazole rings is 1. The summed E-state index contributed by atoms with van der Waals surface area (Å²) in [5.41, 5.74) is 6.09. The van der Waals surface area contributed by atoms with Crippen LogP contribution in [0, 0.1) is 13.8 Å². The molecule has 0 bridgehead atoms. The Morgan fingerprint density at radius 2 is 1.83 bits per heavy atom. The fourth-order valence-corrected chi connectivity index (χ4v) is 2.42. The molecule has 0 aliphatic carbocycles. The van der Waals surface area contributed by atoms with E-state index in [1.165, 1.54) is 16.7 Å². The third-order valence-corrected chi connectivity index (χ3v) is 3.76. The highest BCUT2D eigenvalue weighted by Crippen LogP contribution is 2.20. The molecule has 1 aromatic carbocycles. The van der Waals surface area contributed by atoms with Crippen molar-refractivity contribution in [1.82, 2.24) is 4.98 Å². The van der Waals surface area contributed by atoms with Gasteiger partial charge >= 0.3 is 0 Å². The quantitative estimate of drug-likeness (QED) is 0.660. The molecule has 0 fully saturated rings. The van der Waals surface area contributed by atoms with E-state index in [1.807, 2.05) is 6.07 Å². The van der Waals surface area contributed by atoms with Crippen LogP contribution in [0.5, 0.6) is 0 Å². The zero-order valence-electron chi connectivity index (χ0n) is 10.4. The lowest BCUT2D eigenvalue weighted by atomic mass is 10.1. The first-order valence-corrected chi connectivity index (χ1v) is 6.70. The van der Waals surface area contributed by atoms with E-state index in [4.69, 9.17) is 0 Å². The van der Waals surface area contributed by atoms with Crippen LogP contribution in [-0.4, -0.2) is 4.98 Å². The number of nitrogens with one attached hydrogen (secondary N) is 1. The molecule has 3 rings (SSSR count). The molecule has 2 heterocycles. The van der Waals surface area contributed by atoms with E-state index < -0.39 is 0 Å². The minimum absolute atomic E-state index is 1.07. The maximum absolute atomic E-state index is 3.48. The molecular formula is C15H14BrN2+. The van der Waals surface area contributed by atoms with Crippen molar-refractivity contribution in [2.24, 2.45) is 0 Å². The Hall–Kier alpha value is -1.61. The highest BCUT2D eigenvalue weighted by atomic mass is 79.9. The van der Waals surface area contributed by atoms with E-state index in [1.54, 1.807) is 0 Å². The standard InChI is InChI=1S/C15H13BrN2/c1-10-3-4-12(7-11(10)2)14-9-18-8-13(16)5-6-15(18)17-14/h3-9H,1-2H3/p+1. The van der Waals surface area contributed by atoms with E-state index in [2.05, 4.69) is 75.8 Å². The normalized spacial score (nSPS) is 11.1. The third kappa shape index (κ3) is 1.95. The Morgan fingerprint density at radius 3 is 2.61 bits per heavy atom. The van der Waals surface area contributed by atoms with Gasteiger partial charge in [-0.2, -0.15) is 0 Å². The molecule has 2 aromatic heterocycles. The second-order valence-corrected chi connectivity index (χ2v) is 5.52. The van der Waals surface area contributed by atoms with Crippen molar-refractivity contribution in [3.05, 3.63) is 58.3 Å². The monoisotopic (exact) mass is 301 g/mol. The van der Waals surface area contributed by atoms with Crippen molar-refractivity contribution in [3.8, 4) is 11.3 Å². The number of nitrogens with zero attached hydrogens (tertiary/aromatic N) is 1. The molecule has 0 aliphatic rings. The number of rotatable bonds is 1. The highest BCUT2D eigenvalue weighted by molar-refractivity contribution is 9.10. The van der Waals surface area contributed by atoms with E-state index in [9.17, 15) is 0 Å². The molecule has 0 unspecified atom stereocenters. The minimum atomic E-state index is 1.07. The molecule has 0 saturated heterocycles. The molecule has 0 amide bonds. The number of H-pyrrole nitrogens is 1. The average molecular weight is 302 g/mol. The summed E-state index contributed by atoms with van der Waals surface area (Å²) in [6.45, 7) is 4.28. The molecule has 0 radical (unpaired) electrons. The van der Waals surface area contributed by atoms with Crippen LogP contribution in [-0.2, 0) is 0 Å². The number of aromatic nitrogens is 2. The first-order chi connectivity index (χ1) is 8.63. The summed E-state index contributed by atoms with van der Waals surface area (Å²) in [5, 5.41) is 0. The summed E-state index contributed by atoms with van der Waals surface area (Å²) in [7, 11) is 0. The molecule has 18 heavy (non-hydrogen) atoms. The largest absolute Gasteiger partial charge is 0.284 e. The van der Waals surface area contributed by atoms with Crippen LogP contribution in [0.4, 0.5) is 0 Å². The van der Waals surface area contributed by atoms with Crippen LogP contribution in [0.15, 0.2) is 47.2 Å². The fourth-order valence-electron chi connectivity index (χ4n) is 2.07. The van der Waals surface area contributed by atoms with Gasteiger partial charge in [0, 0.05) is 11.6 Å². The summed E-state index contributed by atoms with van der Waals surface area (Å²) in [6.07, 6.45) is 4.17. The number of hydrogen-bond donors (Lipinski definition) is 1. The van der Waals surface area contributed by atoms with Gasteiger partial charge in [0.15, 0.2) is 5.69 Å². The van der Waals surface area contributed by atoms with Crippen molar-refractivity contribution >= 4 is 21.6 Å². The molecule has 1 N–H and O–H groups in total. The molecule has 0 spiro atoms. The minimum Gasteiger partial charge on any atom is -0.237 e. The average Bonchev–Trinajstić information content (AvgIpc) is 2.75. The van der Waals surface area contributed by atoms with Gasteiger partial charge in [-0.25, -0.2) is 9.38 Å². The van der Waals surface area contributed by atoms with E-state index >= 15 is 0 Å². The molecule has 2 nitrogen and oxygen atoms in total.